The van der Waals surface area contributed by atoms with Gasteiger partial charge in [-0.05, 0) is 43.0 Å². The molecule has 1 fully saturated rings. The van der Waals surface area contributed by atoms with Gasteiger partial charge in [-0.25, -0.2) is 4.79 Å². The Hall–Kier alpha value is -1.39. The van der Waals surface area contributed by atoms with Crippen LogP contribution in [0.15, 0.2) is 24.3 Å². The van der Waals surface area contributed by atoms with E-state index in [-0.39, 0.29) is 0 Å². The van der Waals surface area contributed by atoms with Crippen LogP contribution in [0.1, 0.15) is 28.8 Å². The lowest BCUT2D eigenvalue weighted by Gasteiger charge is -2.22. The molecule has 0 radical (unpaired) electrons. The smallest absolute Gasteiger partial charge is 0.335 e. The van der Waals surface area contributed by atoms with Crippen LogP contribution in [-0.2, 0) is 11.3 Å². The lowest BCUT2D eigenvalue weighted by atomic mass is 10.0. The molecule has 1 aromatic carbocycles. The molecule has 1 aromatic rings. The minimum atomic E-state index is -0.895. The predicted octanol–water partition coefficient (Wildman–Crippen LogP) is 1.90. The second-order valence-electron chi connectivity index (χ2n) is 4.73. The van der Waals surface area contributed by atoms with Gasteiger partial charge in [0.25, 0.3) is 0 Å². The fourth-order valence-electron chi connectivity index (χ4n) is 2.20. The Morgan fingerprint density at radius 1 is 1.50 bits per heavy atom. The zero-order valence-corrected chi connectivity index (χ0v) is 10.4. The van der Waals surface area contributed by atoms with Gasteiger partial charge in [-0.1, -0.05) is 12.1 Å². The highest BCUT2D eigenvalue weighted by atomic mass is 16.5. The summed E-state index contributed by atoms with van der Waals surface area (Å²) in [6.45, 7) is 3.36. The molecule has 1 atom stereocenters. The Balaban J connectivity index is 1.78. The second-order valence-corrected chi connectivity index (χ2v) is 4.73. The molecule has 4 heteroatoms. The van der Waals surface area contributed by atoms with Crippen LogP contribution < -0.4 is 5.32 Å². The zero-order valence-electron chi connectivity index (χ0n) is 10.4. The number of carboxylic acids is 1. The van der Waals surface area contributed by atoms with E-state index in [2.05, 4.69) is 5.32 Å². The first-order valence-electron chi connectivity index (χ1n) is 6.36. The molecule has 98 valence electrons. The molecular formula is C14H19NO3. The topological polar surface area (TPSA) is 58.6 Å². The molecule has 1 heterocycles. The molecule has 4 nitrogen and oxygen atoms in total. The molecule has 2 rings (SSSR count). The van der Waals surface area contributed by atoms with Gasteiger partial charge in [0.05, 0.1) is 18.8 Å². The summed E-state index contributed by atoms with van der Waals surface area (Å²) in [4.78, 5) is 10.8. The Labute approximate surface area is 107 Å². The fraction of sp³-hybridized carbons (Fsp3) is 0.500. The van der Waals surface area contributed by atoms with Gasteiger partial charge >= 0.3 is 5.97 Å². The highest BCUT2D eigenvalue weighted by Crippen LogP contribution is 2.12. The Kier molecular flexibility index (Phi) is 4.73. The Morgan fingerprint density at radius 3 is 3.11 bits per heavy atom. The SMILES string of the molecule is O=C(O)c1cccc(COCC2CCCNC2)c1. The van der Waals surface area contributed by atoms with Crippen LogP contribution >= 0.6 is 0 Å². The number of nitrogens with one attached hydrogen (secondary N) is 1. The Bertz CT molecular complexity index is 400. The number of piperidine rings is 1. The van der Waals surface area contributed by atoms with Gasteiger partial charge in [0, 0.05) is 6.54 Å². The Morgan fingerprint density at radius 2 is 2.39 bits per heavy atom. The number of carboxylic acid groups (broad SMARTS) is 1. The summed E-state index contributed by atoms with van der Waals surface area (Å²) in [7, 11) is 0. The molecule has 0 spiro atoms. The number of carbonyl (C=O) groups is 1. The summed E-state index contributed by atoms with van der Waals surface area (Å²) >= 11 is 0. The molecule has 1 aliphatic heterocycles. The lowest BCUT2D eigenvalue weighted by Crippen LogP contribution is -2.32. The molecule has 0 aliphatic carbocycles. The van der Waals surface area contributed by atoms with Crippen molar-refractivity contribution in [2.24, 2.45) is 5.92 Å². The highest BCUT2D eigenvalue weighted by Gasteiger charge is 2.12. The van der Waals surface area contributed by atoms with Gasteiger partial charge in [0.1, 0.15) is 0 Å². The number of hydrogen-bond acceptors (Lipinski definition) is 3. The van der Waals surface area contributed by atoms with Crippen molar-refractivity contribution in [3.8, 4) is 0 Å². The van der Waals surface area contributed by atoms with E-state index in [1.54, 1.807) is 18.2 Å². The molecule has 18 heavy (non-hydrogen) atoms. The van der Waals surface area contributed by atoms with Crippen molar-refractivity contribution < 1.29 is 14.6 Å². The summed E-state index contributed by atoms with van der Waals surface area (Å²) in [5, 5.41) is 12.2. The third-order valence-corrected chi connectivity index (χ3v) is 3.20. The molecule has 0 amide bonds. The molecule has 1 aliphatic rings. The van der Waals surface area contributed by atoms with Crippen molar-refractivity contribution in [2.45, 2.75) is 19.4 Å². The summed E-state index contributed by atoms with van der Waals surface area (Å²) in [6, 6.07) is 6.91. The quantitative estimate of drug-likeness (QED) is 0.836. The standard InChI is InChI=1S/C14H19NO3/c16-14(17)13-5-1-3-11(7-13)9-18-10-12-4-2-6-15-8-12/h1,3,5,7,12,15H,2,4,6,8-10H2,(H,16,17). The van der Waals surface area contributed by atoms with Crippen molar-refractivity contribution in [1.29, 1.82) is 0 Å². The van der Waals surface area contributed by atoms with Gasteiger partial charge in [-0.2, -0.15) is 0 Å². The second kappa shape index (κ2) is 6.52. The molecule has 1 saturated heterocycles. The average Bonchev–Trinajstić information content (AvgIpc) is 2.40. The maximum Gasteiger partial charge on any atom is 0.335 e. The fourth-order valence-corrected chi connectivity index (χ4v) is 2.20. The number of hydrogen-bond donors (Lipinski definition) is 2. The molecule has 0 bridgehead atoms. The van der Waals surface area contributed by atoms with Crippen LogP contribution in [-0.4, -0.2) is 30.8 Å². The summed E-state index contributed by atoms with van der Waals surface area (Å²) in [6.07, 6.45) is 2.42. The number of rotatable bonds is 5. The number of benzene rings is 1. The van der Waals surface area contributed by atoms with E-state index in [9.17, 15) is 4.79 Å². The van der Waals surface area contributed by atoms with Crippen molar-refractivity contribution in [3.05, 3.63) is 35.4 Å². The molecule has 0 saturated carbocycles. The van der Waals surface area contributed by atoms with Gasteiger partial charge in [0.2, 0.25) is 0 Å². The van der Waals surface area contributed by atoms with Crippen LogP contribution in [0.4, 0.5) is 0 Å². The van der Waals surface area contributed by atoms with Gasteiger partial charge in [-0.3, -0.25) is 0 Å². The van der Waals surface area contributed by atoms with Crippen LogP contribution in [0.2, 0.25) is 0 Å². The maximum absolute atomic E-state index is 10.8. The first kappa shape index (κ1) is 13.1. The predicted molar refractivity (Wildman–Crippen MR) is 68.7 cm³/mol. The summed E-state index contributed by atoms with van der Waals surface area (Å²) in [5.74, 6) is -0.310. The first-order valence-corrected chi connectivity index (χ1v) is 6.36. The highest BCUT2D eigenvalue weighted by molar-refractivity contribution is 5.87. The van der Waals surface area contributed by atoms with E-state index >= 15 is 0 Å². The van der Waals surface area contributed by atoms with E-state index in [0.29, 0.717) is 18.1 Å². The first-order chi connectivity index (χ1) is 8.75. The minimum absolute atomic E-state index is 0.315. The summed E-state index contributed by atoms with van der Waals surface area (Å²) in [5.41, 5.74) is 1.23. The third-order valence-electron chi connectivity index (χ3n) is 3.20. The molecule has 1 unspecified atom stereocenters. The van der Waals surface area contributed by atoms with E-state index < -0.39 is 5.97 Å². The van der Waals surface area contributed by atoms with Crippen LogP contribution in [0.5, 0.6) is 0 Å². The zero-order chi connectivity index (χ0) is 12.8. The average molecular weight is 249 g/mol. The normalized spacial score (nSPS) is 19.7. The number of aromatic carboxylic acids is 1. The van der Waals surface area contributed by atoms with Crippen LogP contribution in [0.3, 0.4) is 0 Å². The van der Waals surface area contributed by atoms with Crippen LogP contribution in [0, 0.1) is 5.92 Å². The van der Waals surface area contributed by atoms with E-state index in [1.807, 2.05) is 6.07 Å². The van der Waals surface area contributed by atoms with Crippen molar-refractivity contribution in [3.63, 3.8) is 0 Å². The number of ether oxygens (including phenoxy) is 1. The lowest BCUT2D eigenvalue weighted by molar-refractivity contribution is 0.0694. The van der Waals surface area contributed by atoms with Crippen molar-refractivity contribution in [2.75, 3.05) is 19.7 Å². The summed E-state index contributed by atoms with van der Waals surface area (Å²) < 4.78 is 5.66. The van der Waals surface area contributed by atoms with Gasteiger partial charge in [0.15, 0.2) is 0 Å². The molecule has 0 aromatic heterocycles. The molecular weight excluding hydrogens is 230 g/mol. The van der Waals surface area contributed by atoms with E-state index in [4.69, 9.17) is 9.84 Å². The third kappa shape index (κ3) is 3.82. The molecule has 2 N–H and O–H groups in total. The van der Waals surface area contributed by atoms with Crippen molar-refractivity contribution >= 4 is 5.97 Å². The minimum Gasteiger partial charge on any atom is -0.478 e. The maximum atomic E-state index is 10.8. The van der Waals surface area contributed by atoms with Crippen molar-refractivity contribution in [1.82, 2.24) is 5.32 Å². The van der Waals surface area contributed by atoms with E-state index in [1.165, 1.54) is 12.8 Å². The van der Waals surface area contributed by atoms with Gasteiger partial charge < -0.3 is 15.2 Å². The monoisotopic (exact) mass is 249 g/mol. The van der Waals surface area contributed by atoms with Crippen LogP contribution in [0.25, 0.3) is 0 Å². The van der Waals surface area contributed by atoms with Gasteiger partial charge in [-0.15, -0.1) is 0 Å². The van der Waals surface area contributed by atoms with E-state index in [0.717, 1.165) is 25.3 Å². The largest absolute Gasteiger partial charge is 0.478 e.